The van der Waals surface area contributed by atoms with Gasteiger partial charge in [0.1, 0.15) is 6.29 Å². The van der Waals surface area contributed by atoms with Gasteiger partial charge in [-0.15, -0.1) is 0 Å². The minimum Gasteiger partial charge on any atom is -0.399 e. The number of hydrogen-bond donors (Lipinski definition) is 3. The summed E-state index contributed by atoms with van der Waals surface area (Å²) in [5.74, 6) is -0.178. The lowest BCUT2D eigenvalue weighted by molar-refractivity contribution is -0.107. The van der Waals surface area contributed by atoms with Crippen LogP contribution in [0.15, 0.2) is 91.0 Å². The highest BCUT2D eigenvalue weighted by atomic mass is 16.2. The predicted octanol–water partition coefficient (Wildman–Crippen LogP) is 4.86. The molecule has 41 heavy (non-hydrogen) atoms. The largest absolute Gasteiger partial charge is 0.399 e. The summed E-state index contributed by atoms with van der Waals surface area (Å²) in [5, 5.41) is 0. The van der Waals surface area contributed by atoms with E-state index in [0.717, 1.165) is 35.3 Å². The van der Waals surface area contributed by atoms with Crippen LogP contribution in [0.3, 0.4) is 0 Å². The third-order valence-corrected chi connectivity index (χ3v) is 5.87. The Bertz CT molecular complexity index is 1470. The normalized spacial score (nSPS) is 9.68. The highest BCUT2D eigenvalue weighted by Gasteiger charge is 2.14. The van der Waals surface area contributed by atoms with Crippen LogP contribution in [0.4, 0.5) is 34.1 Å². The van der Waals surface area contributed by atoms with E-state index in [0.29, 0.717) is 28.2 Å². The number of hydrogen-bond acceptors (Lipinski definition) is 7. The highest BCUT2D eigenvalue weighted by Crippen LogP contribution is 2.19. The number of nitrogens with two attached hydrogens (primary N) is 3. The molecular weight excluding hydrogens is 516 g/mol. The minimum absolute atomic E-state index is 0.178. The number of carbonyl (C=O) groups excluding carboxylic acids is 3. The summed E-state index contributed by atoms with van der Waals surface area (Å²) in [4.78, 5) is 38.6. The van der Waals surface area contributed by atoms with Crippen LogP contribution >= 0.6 is 0 Å². The standard InChI is InChI=1S/C16H16N2O2.C8H10N2O.C8H12N2/c1-11-6-12(10-19)8-13(7-11)16(20)18(2)15-5-3-4-14(17)9-15;1-10(6-11)8-4-2-3-7(9)5-8;1-10(2)8-5-3-4-7(9)6-8/h3-10H,17H2,1-2H3;2-6H,9H2,1H3;3-6H,9H2,1-2H3. The molecule has 0 spiro atoms. The lowest BCUT2D eigenvalue weighted by atomic mass is 10.1. The molecule has 9 nitrogen and oxygen atoms in total. The molecule has 0 aliphatic rings. The maximum Gasteiger partial charge on any atom is 0.258 e. The van der Waals surface area contributed by atoms with Gasteiger partial charge in [0.05, 0.1) is 0 Å². The number of aldehydes is 1. The second-order valence-electron chi connectivity index (χ2n) is 9.51. The number of rotatable bonds is 6. The fourth-order valence-corrected chi connectivity index (χ4v) is 3.66. The summed E-state index contributed by atoms with van der Waals surface area (Å²) in [5.41, 5.74) is 23.4. The number of amides is 2. The molecule has 214 valence electrons. The van der Waals surface area contributed by atoms with Crippen molar-refractivity contribution in [3.8, 4) is 0 Å². The number of nitrogen functional groups attached to an aromatic ring is 3. The molecular formula is C32H38N6O3. The molecule has 0 aliphatic heterocycles. The van der Waals surface area contributed by atoms with Gasteiger partial charge in [0.25, 0.3) is 5.91 Å². The molecule has 0 bridgehead atoms. The van der Waals surface area contributed by atoms with Crippen molar-refractivity contribution in [1.82, 2.24) is 0 Å². The zero-order valence-electron chi connectivity index (χ0n) is 24.1. The second-order valence-corrected chi connectivity index (χ2v) is 9.51. The van der Waals surface area contributed by atoms with E-state index in [-0.39, 0.29) is 5.91 Å². The van der Waals surface area contributed by atoms with Crippen LogP contribution in [0.2, 0.25) is 0 Å². The van der Waals surface area contributed by atoms with E-state index in [1.165, 1.54) is 9.80 Å². The van der Waals surface area contributed by atoms with Crippen molar-refractivity contribution in [3.05, 3.63) is 108 Å². The maximum atomic E-state index is 12.4. The summed E-state index contributed by atoms with van der Waals surface area (Å²) < 4.78 is 0. The molecule has 2 amide bonds. The molecule has 4 aromatic rings. The van der Waals surface area contributed by atoms with Gasteiger partial charge in [-0.3, -0.25) is 14.4 Å². The Morgan fingerprint density at radius 1 is 0.659 bits per heavy atom. The quantitative estimate of drug-likeness (QED) is 0.228. The Labute approximate surface area is 241 Å². The second kappa shape index (κ2) is 15.3. The fraction of sp³-hybridized carbons (Fsp3) is 0.156. The average Bonchev–Trinajstić information content (AvgIpc) is 2.96. The topological polar surface area (TPSA) is 139 Å². The zero-order chi connectivity index (χ0) is 30.5. The van der Waals surface area contributed by atoms with Gasteiger partial charge in [-0.25, -0.2) is 0 Å². The number of carbonyl (C=O) groups is 3. The summed E-state index contributed by atoms with van der Waals surface area (Å²) in [6, 6.07) is 27.1. The summed E-state index contributed by atoms with van der Waals surface area (Å²) in [6.07, 6.45) is 1.49. The van der Waals surface area contributed by atoms with E-state index >= 15 is 0 Å². The molecule has 4 rings (SSSR count). The van der Waals surface area contributed by atoms with Crippen molar-refractivity contribution in [3.63, 3.8) is 0 Å². The molecule has 0 heterocycles. The minimum atomic E-state index is -0.178. The van der Waals surface area contributed by atoms with Gasteiger partial charge in [0.15, 0.2) is 0 Å². The number of benzene rings is 4. The zero-order valence-corrected chi connectivity index (χ0v) is 24.1. The Hall–Kier alpha value is -5.31. The van der Waals surface area contributed by atoms with Crippen molar-refractivity contribution in [1.29, 1.82) is 0 Å². The van der Waals surface area contributed by atoms with Crippen molar-refractivity contribution in [2.75, 3.05) is 60.1 Å². The van der Waals surface area contributed by atoms with Gasteiger partial charge in [-0.1, -0.05) is 18.2 Å². The maximum absolute atomic E-state index is 12.4. The van der Waals surface area contributed by atoms with Gasteiger partial charge in [0, 0.05) is 73.4 Å². The van der Waals surface area contributed by atoms with Crippen LogP contribution in [0.1, 0.15) is 26.3 Å². The first-order valence-corrected chi connectivity index (χ1v) is 12.7. The van der Waals surface area contributed by atoms with E-state index in [1.54, 1.807) is 62.6 Å². The van der Waals surface area contributed by atoms with E-state index in [1.807, 2.05) is 68.4 Å². The Morgan fingerprint density at radius 3 is 1.61 bits per heavy atom. The van der Waals surface area contributed by atoms with Gasteiger partial charge in [0.2, 0.25) is 6.41 Å². The average molecular weight is 555 g/mol. The molecule has 0 atom stereocenters. The molecule has 9 heteroatoms. The summed E-state index contributed by atoms with van der Waals surface area (Å²) in [6.45, 7) is 1.85. The monoisotopic (exact) mass is 554 g/mol. The fourth-order valence-electron chi connectivity index (χ4n) is 3.66. The van der Waals surface area contributed by atoms with Crippen LogP contribution in [-0.4, -0.2) is 46.8 Å². The SMILES string of the molecule is CN(C)c1cccc(N)c1.CN(C=O)c1cccc(N)c1.Cc1cc(C=O)cc(C(=O)N(C)c2cccc(N)c2)c1. The molecule has 0 aromatic heterocycles. The van der Waals surface area contributed by atoms with E-state index in [2.05, 4.69) is 0 Å². The number of nitrogens with zero attached hydrogens (tertiary/aromatic N) is 3. The number of anilines is 6. The van der Waals surface area contributed by atoms with Gasteiger partial charge in [-0.05, 0) is 85.3 Å². The molecule has 0 unspecified atom stereocenters. The first-order chi connectivity index (χ1) is 19.4. The summed E-state index contributed by atoms with van der Waals surface area (Å²) >= 11 is 0. The van der Waals surface area contributed by atoms with Crippen LogP contribution in [0.5, 0.6) is 0 Å². The third-order valence-electron chi connectivity index (χ3n) is 5.87. The molecule has 0 saturated carbocycles. The van der Waals surface area contributed by atoms with E-state index < -0.39 is 0 Å². The third kappa shape index (κ3) is 10.1. The van der Waals surface area contributed by atoms with Crippen LogP contribution in [0, 0.1) is 6.92 Å². The summed E-state index contributed by atoms with van der Waals surface area (Å²) in [7, 11) is 7.35. The Balaban J connectivity index is 0.000000236. The van der Waals surface area contributed by atoms with E-state index in [4.69, 9.17) is 17.2 Å². The first kappa shape index (κ1) is 31.9. The lowest BCUT2D eigenvalue weighted by Crippen LogP contribution is -2.26. The van der Waals surface area contributed by atoms with Gasteiger partial charge < -0.3 is 31.9 Å². The molecule has 0 aliphatic carbocycles. The number of aryl methyl sites for hydroxylation is 1. The molecule has 0 fully saturated rings. The van der Waals surface area contributed by atoms with Crippen LogP contribution in [-0.2, 0) is 4.79 Å². The first-order valence-electron chi connectivity index (χ1n) is 12.7. The molecule has 0 saturated heterocycles. The van der Waals surface area contributed by atoms with Gasteiger partial charge in [-0.2, -0.15) is 0 Å². The van der Waals surface area contributed by atoms with Crippen LogP contribution in [0.25, 0.3) is 0 Å². The predicted molar refractivity (Wildman–Crippen MR) is 171 cm³/mol. The van der Waals surface area contributed by atoms with Crippen molar-refractivity contribution < 1.29 is 14.4 Å². The molecule has 6 N–H and O–H groups in total. The van der Waals surface area contributed by atoms with Crippen LogP contribution < -0.4 is 31.9 Å². The van der Waals surface area contributed by atoms with E-state index in [9.17, 15) is 14.4 Å². The molecule has 4 aromatic carbocycles. The highest BCUT2D eigenvalue weighted by molar-refractivity contribution is 6.06. The lowest BCUT2D eigenvalue weighted by Gasteiger charge is -2.18. The van der Waals surface area contributed by atoms with Crippen molar-refractivity contribution >= 4 is 52.7 Å². The Kier molecular flexibility index (Phi) is 11.9. The molecule has 0 radical (unpaired) electrons. The van der Waals surface area contributed by atoms with Crippen molar-refractivity contribution in [2.45, 2.75) is 6.92 Å². The van der Waals surface area contributed by atoms with Crippen molar-refractivity contribution in [2.24, 2.45) is 0 Å². The smallest absolute Gasteiger partial charge is 0.258 e. The van der Waals surface area contributed by atoms with Gasteiger partial charge >= 0.3 is 0 Å². The Morgan fingerprint density at radius 2 is 1.15 bits per heavy atom.